The van der Waals surface area contributed by atoms with Crippen LogP contribution in [0.2, 0.25) is 0 Å². The molecule has 0 atom stereocenters. The van der Waals surface area contributed by atoms with Gasteiger partial charge >= 0.3 is 0 Å². The Kier molecular flexibility index (Phi) is 4.02. The Labute approximate surface area is 111 Å². The van der Waals surface area contributed by atoms with Crippen LogP contribution in [-0.2, 0) is 4.79 Å². The van der Waals surface area contributed by atoms with Crippen LogP contribution in [0.25, 0.3) is 0 Å². The molecule has 19 heavy (non-hydrogen) atoms. The van der Waals surface area contributed by atoms with Gasteiger partial charge in [-0.15, -0.1) is 0 Å². The molecule has 1 N–H and O–H groups in total. The maximum Gasteiger partial charge on any atom is 0.242 e. The average molecular weight is 268 g/mol. The van der Waals surface area contributed by atoms with E-state index in [1.54, 1.807) is 4.90 Å². The highest BCUT2D eigenvalue weighted by atomic mass is 19.1. The van der Waals surface area contributed by atoms with Gasteiger partial charge in [0.05, 0.1) is 12.2 Å². The molecule has 1 amide bonds. The number of likely N-dealkylation sites (N-methyl/N-ethyl adjacent to an activating group) is 1. The predicted octanol–water partition coefficient (Wildman–Crippen LogP) is 2.70. The lowest BCUT2D eigenvalue weighted by Crippen LogP contribution is -2.37. The van der Waals surface area contributed by atoms with E-state index in [4.69, 9.17) is 0 Å². The molecule has 1 saturated carbocycles. The normalized spacial score (nSPS) is 14.3. The van der Waals surface area contributed by atoms with E-state index in [9.17, 15) is 13.6 Å². The van der Waals surface area contributed by atoms with E-state index in [-0.39, 0.29) is 23.7 Å². The zero-order chi connectivity index (χ0) is 14.0. The van der Waals surface area contributed by atoms with E-state index in [1.807, 2.05) is 6.92 Å². The van der Waals surface area contributed by atoms with Crippen LogP contribution < -0.4 is 5.32 Å². The van der Waals surface area contributed by atoms with Crippen LogP contribution >= 0.6 is 0 Å². The molecule has 1 aliphatic rings. The van der Waals surface area contributed by atoms with Gasteiger partial charge in [0.15, 0.2) is 0 Å². The summed E-state index contributed by atoms with van der Waals surface area (Å²) in [6.45, 7) is 4.06. The number of hydrogen-bond donors (Lipinski definition) is 1. The lowest BCUT2D eigenvalue weighted by Gasteiger charge is -2.21. The van der Waals surface area contributed by atoms with Crippen LogP contribution in [0.3, 0.4) is 0 Å². The van der Waals surface area contributed by atoms with Gasteiger partial charge in [0.25, 0.3) is 0 Å². The average Bonchev–Trinajstić information content (AvgIpc) is 3.17. The fraction of sp³-hybridized carbons (Fsp3) is 0.500. The first-order chi connectivity index (χ1) is 9.02. The van der Waals surface area contributed by atoms with Crippen molar-refractivity contribution in [1.82, 2.24) is 4.90 Å². The summed E-state index contributed by atoms with van der Waals surface area (Å²) in [5, 5.41) is 2.67. The van der Waals surface area contributed by atoms with Crippen LogP contribution in [0.15, 0.2) is 12.1 Å². The molecule has 5 heteroatoms. The number of benzene rings is 1. The minimum Gasteiger partial charge on any atom is -0.374 e. The first kappa shape index (κ1) is 13.8. The third-order valence-corrected chi connectivity index (χ3v) is 3.33. The first-order valence-electron chi connectivity index (χ1n) is 6.52. The second-order valence-electron chi connectivity index (χ2n) is 4.85. The number of carbonyl (C=O) groups excluding carboxylic acids is 1. The van der Waals surface area contributed by atoms with Crippen molar-refractivity contribution in [1.29, 1.82) is 0 Å². The summed E-state index contributed by atoms with van der Waals surface area (Å²) in [7, 11) is 0. The van der Waals surface area contributed by atoms with Gasteiger partial charge in [-0.3, -0.25) is 4.79 Å². The highest BCUT2D eigenvalue weighted by molar-refractivity contribution is 5.81. The zero-order valence-electron chi connectivity index (χ0n) is 11.2. The molecule has 3 nitrogen and oxygen atoms in total. The van der Waals surface area contributed by atoms with Crippen molar-refractivity contribution in [3.05, 3.63) is 29.3 Å². The van der Waals surface area contributed by atoms with Gasteiger partial charge in [0.2, 0.25) is 5.91 Å². The van der Waals surface area contributed by atoms with Gasteiger partial charge in [-0.1, -0.05) is 0 Å². The Bertz CT molecular complexity index is 487. The topological polar surface area (TPSA) is 32.3 Å². The van der Waals surface area contributed by atoms with Gasteiger partial charge in [0.1, 0.15) is 11.6 Å². The molecule has 0 aromatic heterocycles. The Hall–Kier alpha value is -1.65. The fourth-order valence-electron chi connectivity index (χ4n) is 2.08. The van der Waals surface area contributed by atoms with Crippen molar-refractivity contribution < 1.29 is 13.6 Å². The molecule has 0 radical (unpaired) electrons. The third kappa shape index (κ3) is 3.22. The predicted molar refractivity (Wildman–Crippen MR) is 70.0 cm³/mol. The third-order valence-electron chi connectivity index (χ3n) is 3.33. The van der Waals surface area contributed by atoms with Gasteiger partial charge in [-0.05, 0) is 38.3 Å². The number of nitrogens with one attached hydrogen (secondary N) is 1. The molecule has 0 saturated heterocycles. The molecular weight excluding hydrogens is 250 g/mol. The summed E-state index contributed by atoms with van der Waals surface area (Å²) < 4.78 is 26.9. The molecule has 1 aromatic carbocycles. The van der Waals surface area contributed by atoms with Crippen molar-refractivity contribution in [3.8, 4) is 0 Å². The monoisotopic (exact) mass is 268 g/mol. The lowest BCUT2D eigenvalue weighted by molar-refractivity contribution is -0.129. The maximum absolute atomic E-state index is 13.6. The Morgan fingerprint density at radius 3 is 2.63 bits per heavy atom. The summed E-state index contributed by atoms with van der Waals surface area (Å²) in [6.07, 6.45) is 2.07. The number of aryl methyl sites for hydroxylation is 1. The van der Waals surface area contributed by atoms with Gasteiger partial charge in [0, 0.05) is 18.7 Å². The highest BCUT2D eigenvalue weighted by Crippen LogP contribution is 2.26. The number of anilines is 1. The second-order valence-corrected chi connectivity index (χ2v) is 4.85. The zero-order valence-corrected chi connectivity index (χ0v) is 11.2. The van der Waals surface area contributed by atoms with Crippen LogP contribution in [-0.4, -0.2) is 29.9 Å². The molecule has 1 aromatic rings. The van der Waals surface area contributed by atoms with Crippen molar-refractivity contribution in [2.75, 3.05) is 18.4 Å². The largest absolute Gasteiger partial charge is 0.374 e. The Morgan fingerprint density at radius 2 is 2.05 bits per heavy atom. The molecule has 0 bridgehead atoms. The molecule has 0 heterocycles. The van der Waals surface area contributed by atoms with Crippen LogP contribution in [0.5, 0.6) is 0 Å². The smallest absolute Gasteiger partial charge is 0.242 e. The summed E-state index contributed by atoms with van der Waals surface area (Å²) >= 11 is 0. The standard InChI is InChI=1S/C14H18F2N2O/c1-3-18(10-4-5-10)14(19)8-17-13-7-11(15)9(2)6-12(13)16/h6-7,10,17H,3-5,8H2,1-2H3. The van der Waals surface area contributed by atoms with Crippen LogP contribution in [0.4, 0.5) is 14.5 Å². The van der Waals surface area contributed by atoms with Gasteiger partial charge in [-0.2, -0.15) is 0 Å². The van der Waals surface area contributed by atoms with E-state index in [0.29, 0.717) is 12.6 Å². The summed E-state index contributed by atoms with van der Waals surface area (Å²) in [6, 6.07) is 2.55. The molecule has 0 aliphatic heterocycles. The summed E-state index contributed by atoms with van der Waals surface area (Å²) in [5.41, 5.74) is 0.283. The minimum absolute atomic E-state index is 0.0102. The fourth-order valence-corrected chi connectivity index (χ4v) is 2.08. The van der Waals surface area contributed by atoms with E-state index in [1.165, 1.54) is 6.92 Å². The molecular formula is C14H18F2N2O. The number of rotatable bonds is 5. The number of amides is 1. The van der Waals surface area contributed by atoms with Crippen molar-refractivity contribution >= 4 is 11.6 Å². The molecule has 2 rings (SSSR count). The summed E-state index contributed by atoms with van der Waals surface area (Å²) in [4.78, 5) is 13.7. The minimum atomic E-state index is -0.541. The molecule has 1 fully saturated rings. The molecule has 104 valence electrons. The highest BCUT2D eigenvalue weighted by Gasteiger charge is 2.31. The number of halogens is 2. The van der Waals surface area contributed by atoms with Crippen molar-refractivity contribution in [2.45, 2.75) is 32.7 Å². The number of hydrogen-bond acceptors (Lipinski definition) is 2. The second kappa shape index (κ2) is 5.55. The van der Waals surface area contributed by atoms with Crippen molar-refractivity contribution in [3.63, 3.8) is 0 Å². The summed E-state index contributed by atoms with van der Waals surface area (Å²) in [5.74, 6) is -1.10. The Morgan fingerprint density at radius 1 is 1.37 bits per heavy atom. The van der Waals surface area contributed by atoms with Gasteiger partial charge < -0.3 is 10.2 Å². The quantitative estimate of drug-likeness (QED) is 0.890. The number of carbonyl (C=O) groups is 1. The molecule has 1 aliphatic carbocycles. The number of nitrogens with zero attached hydrogens (tertiary/aromatic N) is 1. The lowest BCUT2D eigenvalue weighted by atomic mass is 10.2. The van der Waals surface area contributed by atoms with E-state index < -0.39 is 11.6 Å². The SMILES string of the molecule is CCN(C(=O)CNc1cc(F)c(C)cc1F)C1CC1. The maximum atomic E-state index is 13.6. The van der Waals surface area contributed by atoms with Gasteiger partial charge in [-0.25, -0.2) is 8.78 Å². The van der Waals surface area contributed by atoms with E-state index >= 15 is 0 Å². The van der Waals surface area contributed by atoms with E-state index in [0.717, 1.165) is 25.0 Å². The molecule has 0 unspecified atom stereocenters. The van der Waals surface area contributed by atoms with E-state index in [2.05, 4.69) is 5.32 Å². The van der Waals surface area contributed by atoms with Crippen LogP contribution in [0, 0.1) is 18.6 Å². The van der Waals surface area contributed by atoms with Crippen LogP contribution in [0.1, 0.15) is 25.3 Å². The Balaban J connectivity index is 1.98. The molecule has 0 spiro atoms. The first-order valence-corrected chi connectivity index (χ1v) is 6.52. The van der Waals surface area contributed by atoms with Crippen molar-refractivity contribution in [2.24, 2.45) is 0 Å².